The second kappa shape index (κ2) is 8.67. The molecule has 6 nitrogen and oxygen atoms in total. The lowest BCUT2D eigenvalue weighted by Gasteiger charge is -2.20. The Labute approximate surface area is 151 Å². The van der Waals surface area contributed by atoms with Crippen LogP contribution in [0.25, 0.3) is 0 Å². The van der Waals surface area contributed by atoms with E-state index in [1.54, 1.807) is 12.1 Å². The van der Waals surface area contributed by atoms with Crippen molar-refractivity contribution in [3.8, 4) is 0 Å². The maximum atomic E-state index is 12.2. The highest BCUT2D eigenvalue weighted by Gasteiger charge is 2.27. The van der Waals surface area contributed by atoms with E-state index in [0.717, 1.165) is 30.9 Å². The first-order valence-electron chi connectivity index (χ1n) is 8.98. The van der Waals surface area contributed by atoms with Crippen LogP contribution >= 0.6 is 0 Å². The van der Waals surface area contributed by atoms with Gasteiger partial charge in [0.1, 0.15) is 0 Å². The molecule has 0 heterocycles. The van der Waals surface area contributed by atoms with Gasteiger partial charge in [-0.05, 0) is 50.3 Å². The summed E-state index contributed by atoms with van der Waals surface area (Å²) in [7, 11) is -3.39. The van der Waals surface area contributed by atoms with Gasteiger partial charge in [0.25, 0.3) is 0 Å². The average molecular weight is 367 g/mol. The van der Waals surface area contributed by atoms with E-state index in [9.17, 15) is 8.42 Å². The number of aliphatic imine (C=N–C) groups is 1. The van der Waals surface area contributed by atoms with Gasteiger partial charge in [-0.1, -0.05) is 26.0 Å². The normalized spacial score (nSPS) is 16.8. The van der Waals surface area contributed by atoms with Crippen LogP contribution in [0.1, 0.15) is 46.1 Å². The van der Waals surface area contributed by atoms with Gasteiger partial charge in [0.05, 0.1) is 11.4 Å². The Morgan fingerprint density at radius 1 is 1.20 bits per heavy atom. The Hall–Kier alpha value is -1.60. The number of nitrogens with zero attached hydrogens (tertiary/aromatic N) is 1. The fourth-order valence-corrected chi connectivity index (χ4v) is 3.44. The molecule has 1 saturated carbocycles. The van der Waals surface area contributed by atoms with Gasteiger partial charge in [-0.3, -0.25) is 0 Å². The van der Waals surface area contributed by atoms with Crippen molar-refractivity contribution in [1.29, 1.82) is 0 Å². The lowest BCUT2D eigenvalue weighted by molar-refractivity contribution is 0.481. The Morgan fingerprint density at radius 2 is 1.84 bits per heavy atom. The van der Waals surface area contributed by atoms with Crippen LogP contribution in [0.2, 0.25) is 0 Å². The van der Waals surface area contributed by atoms with E-state index >= 15 is 0 Å². The fourth-order valence-electron chi connectivity index (χ4n) is 2.14. The van der Waals surface area contributed by atoms with Gasteiger partial charge in [-0.25, -0.2) is 18.1 Å². The van der Waals surface area contributed by atoms with Gasteiger partial charge in [0.2, 0.25) is 10.0 Å². The molecule has 1 aromatic rings. The molecule has 0 aromatic heterocycles. The average Bonchev–Trinajstić information content (AvgIpc) is 3.36. The molecule has 1 unspecified atom stereocenters. The molecule has 1 atom stereocenters. The predicted octanol–water partition coefficient (Wildman–Crippen LogP) is 2.23. The van der Waals surface area contributed by atoms with Crippen LogP contribution in [-0.2, 0) is 16.6 Å². The van der Waals surface area contributed by atoms with Crippen molar-refractivity contribution >= 4 is 16.0 Å². The molecule has 0 radical (unpaired) electrons. The summed E-state index contributed by atoms with van der Waals surface area (Å²) in [5, 5.41) is 6.62. The zero-order chi connectivity index (χ0) is 18.4. The number of hydrogen-bond acceptors (Lipinski definition) is 3. The van der Waals surface area contributed by atoms with E-state index in [2.05, 4.69) is 41.1 Å². The number of benzene rings is 1. The van der Waals surface area contributed by atoms with Gasteiger partial charge < -0.3 is 10.6 Å². The molecule has 0 spiro atoms. The molecule has 0 bridgehead atoms. The molecule has 7 heteroatoms. The van der Waals surface area contributed by atoms with E-state index < -0.39 is 10.0 Å². The van der Waals surface area contributed by atoms with Crippen LogP contribution in [-0.4, -0.2) is 33.0 Å². The summed E-state index contributed by atoms with van der Waals surface area (Å²) in [5.74, 6) is 1.28. The van der Waals surface area contributed by atoms with Crippen molar-refractivity contribution in [1.82, 2.24) is 15.4 Å². The third kappa shape index (κ3) is 6.32. The standard InChI is InChI=1S/C18H30N4O2S/c1-5-19-18(21-14(4)13(2)3)20-12-15-6-10-17(11-7-15)25(23,24)22-16-8-9-16/h6-7,10-11,13-14,16,22H,5,8-9,12H2,1-4H3,(H2,19,20,21). The highest BCUT2D eigenvalue weighted by Crippen LogP contribution is 2.22. The molecule has 25 heavy (non-hydrogen) atoms. The van der Waals surface area contributed by atoms with Gasteiger partial charge in [-0.2, -0.15) is 0 Å². The summed E-state index contributed by atoms with van der Waals surface area (Å²) in [6.45, 7) is 9.77. The topological polar surface area (TPSA) is 82.6 Å². The zero-order valence-electron chi connectivity index (χ0n) is 15.5. The van der Waals surface area contributed by atoms with Crippen LogP contribution in [0.4, 0.5) is 0 Å². The first-order chi connectivity index (χ1) is 11.8. The van der Waals surface area contributed by atoms with Gasteiger partial charge >= 0.3 is 0 Å². The smallest absolute Gasteiger partial charge is 0.240 e. The van der Waals surface area contributed by atoms with Crippen LogP contribution in [0.3, 0.4) is 0 Å². The zero-order valence-corrected chi connectivity index (χ0v) is 16.4. The summed E-state index contributed by atoms with van der Waals surface area (Å²) in [6.07, 6.45) is 1.86. The van der Waals surface area contributed by atoms with Crippen molar-refractivity contribution in [2.24, 2.45) is 10.9 Å². The minimum atomic E-state index is -3.39. The number of rotatable bonds is 8. The van der Waals surface area contributed by atoms with Gasteiger partial charge in [0.15, 0.2) is 5.96 Å². The summed E-state index contributed by atoms with van der Waals surface area (Å²) >= 11 is 0. The highest BCUT2D eigenvalue weighted by molar-refractivity contribution is 7.89. The monoisotopic (exact) mass is 366 g/mol. The third-order valence-electron chi connectivity index (χ3n) is 4.26. The molecule has 3 N–H and O–H groups in total. The van der Waals surface area contributed by atoms with Crippen LogP contribution < -0.4 is 15.4 Å². The number of guanidine groups is 1. The fraction of sp³-hybridized carbons (Fsp3) is 0.611. The second-order valence-electron chi connectivity index (χ2n) is 6.91. The molecule has 1 fully saturated rings. The molecular formula is C18H30N4O2S. The molecule has 0 aliphatic heterocycles. The molecule has 1 aromatic carbocycles. The summed E-state index contributed by atoms with van der Waals surface area (Å²) in [5.41, 5.74) is 0.972. The van der Waals surface area contributed by atoms with Crippen molar-refractivity contribution in [2.45, 2.75) is 64.1 Å². The minimum Gasteiger partial charge on any atom is -0.357 e. The number of hydrogen-bond donors (Lipinski definition) is 3. The molecular weight excluding hydrogens is 336 g/mol. The van der Waals surface area contributed by atoms with Gasteiger partial charge in [-0.15, -0.1) is 0 Å². The SMILES string of the molecule is CCNC(=NCc1ccc(S(=O)(=O)NC2CC2)cc1)NC(C)C(C)C. The Kier molecular flexibility index (Phi) is 6.84. The Balaban J connectivity index is 2.00. The first kappa shape index (κ1) is 19.7. The summed E-state index contributed by atoms with van der Waals surface area (Å²) in [4.78, 5) is 4.90. The summed E-state index contributed by atoms with van der Waals surface area (Å²) < 4.78 is 27.0. The lowest BCUT2D eigenvalue weighted by atomic mass is 10.1. The first-order valence-corrected chi connectivity index (χ1v) is 10.5. The molecule has 0 saturated heterocycles. The van der Waals surface area contributed by atoms with Crippen LogP contribution in [0.15, 0.2) is 34.2 Å². The lowest BCUT2D eigenvalue weighted by Crippen LogP contribution is -2.44. The molecule has 1 aliphatic rings. The quantitative estimate of drug-likeness (QED) is 0.487. The Bertz CT molecular complexity index is 680. The van der Waals surface area contributed by atoms with Crippen LogP contribution in [0.5, 0.6) is 0 Å². The predicted molar refractivity (Wildman–Crippen MR) is 102 cm³/mol. The van der Waals surface area contributed by atoms with E-state index in [-0.39, 0.29) is 6.04 Å². The third-order valence-corrected chi connectivity index (χ3v) is 5.80. The van der Waals surface area contributed by atoms with Crippen molar-refractivity contribution in [3.05, 3.63) is 29.8 Å². The molecule has 1 aliphatic carbocycles. The summed E-state index contributed by atoms with van der Waals surface area (Å²) in [6, 6.07) is 7.37. The van der Waals surface area contributed by atoms with E-state index in [1.165, 1.54) is 0 Å². The van der Waals surface area contributed by atoms with Crippen molar-refractivity contribution in [2.75, 3.05) is 6.54 Å². The molecule has 140 valence electrons. The second-order valence-corrected chi connectivity index (χ2v) is 8.63. The van der Waals surface area contributed by atoms with Crippen LogP contribution in [0, 0.1) is 5.92 Å². The van der Waals surface area contributed by atoms with E-state index in [4.69, 9.17) is 0 Å². The van der Waals surface area contributed by atoms with E-state index in [1.807, 2.05) is 19.1 Å². The highest BCUT2D eigenvalue weighted by atomic mass is 32.2. The Morgan fingerprint density at radius 3 is 2.36 bits per heavy atom. The maximum Gasteiger partial charge on any atom is 0.240 e. The number of nitrogens with one attached hydrogen (secondary N) is 3. The van der Waals surface area contributed by atoms with Crippen molar-refractivity contribution < 1.29 is 8.42 Å². The molecule has 0 amide bonds. The largest absolute Gasteiger partial charge is 0.357 e. The number of sulfonamides is 1. The van der Waals surface area contributed by atoms with Gasteiger partial charge in [0, 0.05) is 18.6 Å². The van der Waals surface area contributed by atoms with Crippen molar-refractivity contribution in [3.63, 3.8) is 0 Å². The van der Waals surface area contributed by atoms with E-state index in [0.29, 0.717) is 23.4 Å². The molecule has 2 rings (SSSR count). The minimum absolute atomic E-state index is 0.117. The maximum absolute atomic E-state index is 12.2.